The van der Waals surface area contributed by atoms with Gasteiger partial charge in [0.05, 0.1) is 19.2 Å². The topological polar surface area (TPSA) is 55.6 Å². The number of hydrogen-bond acceptors (Lipinski definition) is 3. The summed E-state index contributed by atoms with van der Waals surface area (Å²) in [6, 6.07) is -1.16. The summed E-state index contributed by atoms with van der Waals surface area (Å²) in [5.74, 6) is -3.01. The van der Waals surface area contributed by atoms with Gasteiger partial charge in [0.15, 0.2) is 0 Å². The van der Waals surface area contributed by atoms with Crippen LogP contribution in [-0.4, -0.2) is 42.7 Å². The first-order valence-corrected chi connectivity index (χ1v) is 5.52. The molecular weight excluding hydrogens is 218 g/mol. The number of hydrogen-bond donors (Lipinski definition) is 1. The molecule has 0 aromatic rings. The van der Waals surface area contributed by atoms with Crippen molar-refractivity contribution in [2.24, 2.45) is 5.73 Å². The zero-order chi connectivity index (χ0) is 12.2. The van der Waals surface area contributed by atoms with E-state index >= 15 is 0 Å². The molecule has 0 aromatic carbocycles. The lowest BCUT2D eigenvalue weighted by molar-refractivity contribution is -0.0756. The van der Waals surface area contributed by atoms with E-state index in [4.69, 9.17) is 10.5 Å². The molecule has 1 aliphatic heterocycles. The molecule has 1 atom stereocenters. The molecule has 1 saturated heterocycles. The van der Waals surface area contributed by atoms with Gasteiger partial charge in [-0.3, -0.25) is 0 Å². The van der Waals surface area contributed by atoms with E-state index in [1.165, 1.54) is 0 Å². The number of alkyl halides is 2. The first-order valence-electron chi connectivity index (χ1n) is 5.52. The first kappa shape index (κ1) is 13.2. The SMILES string of the molecule is CCCCOC(=O)N1CCC(N)C(F)(F)C1. The predicted molar refractivity (Wildman–Crippen MR) is 55.4 cm³/mol. The largest absolute Gasteiger partial charge is 0.449 e. The second-order valence-corrected chi connectivity index (χ2v) is 4.05. The summed E-state index contributed by atoms with van der Waals surface area (Å²) in [4.78, 5) is 12.4. The number of unbranched alkanes of at least 4 members (excludes halogenated alkanes) is 1. The molecule has 1 fully saturated rings. The van der Waals surface area contributed by atoms with Crippen molar-refractivity contribution < 1.29 is 18.3 Å². The second kappa shape index (κ2) is 5.43. The molecule has 1 unspecified atom stereocenters. The molecule has 0 bridgehead atoms. The summed E-state index contributed by atoms with van der Waals surface area (Å²) in [6.07, 6.45) is 1.08. The zero-order valence-electron chi connectivity index (χ0n) is 9.42. The van der Waals surface area contributed by atoms with Gasteiger partial charge < -0.3 is 15.4 Å². The van der Waals surface area contributed by atoms with Gasteiger partial charge in [-0.25, -0.2) is 13.6 Å². The van der Waals surface area contributed by atoms with Crippen LogP contribution >= 0.6 is 0 Å². The van der Waals surface area contributed by atoms with Crippen LogP contribution in [0.5, 0.6) is 0 Å². The molecule has 6 heteroatoms. The van der Waals surface area contributed by atoms with Crippen molar-refractivity contribution in [1.82, 2.24) is 4.90 Å². The van der Waals surface area contributed by atoms with Crippen molar-refractivity contribution in [1.29, 1.82) is 0 Å². The van der Waals surface area contributed by atoms with Gasteiger partial charge in [0.2, 0.25) is 0 Å². The average Bonchev–Trinajstić information content (AvgIpc) is 2.22. The predicted octanol–water partition coefficient (Wildman–Crippen LogP) is 1.59. The summed E-state index contributed by atoms with van der Waals surface area (Å²) < 4.78 is 31.3. The molecule has 1 rings (SSSR count). The van der Waals surface area contributed by atoms with Gasteiger partial charge in [0.25, 0.3) is 5.92 Å². The fraction of sp³-hybridized carbons (Fsp3) is 0.900. The summed E-state index contributed by atoms with van der Waals surface area (Å²) in [7, 11) is 0. The van der Waals surface area contributed by atoms with Crippen molar-refractivity contribution in [3.63, 3.8) is 0 Å². The van der Waals surface area contributed by atoms with E-state index in [1.807, 2.05) is 6.92 Å². The van der Waals surface area contributed by atoms with Crippen molar-refractivity contribution in [3.8, 4) is 0 Å². The molecule has 94 valence electrons. The Morgan fingerprint density at radius 2 is 2.31 bits per heavy atom. The van der Waals surface area contributed by atoms with Crippen LogP contribution in [0.15, 0.2) is 0 Å². The summed E-state index contributed by atoms with van der Waals surface area (Å²) >= 11 is 0. The number of rotatable bonds is 3. The lowest BCUT2D eigenvalue weighted by atomic mass is 10.0. The standard InChI is InChI=1S/C10H18F2N2O2/c1-2-3-6-16-9(15)14-5-4-8(13)10(11,12)7-14/h8H,2-7,13H2,1H3. The normalized spacial score (nSPS) is 24.2. The highest BCUT2D eigenvalue weighted by molar-refractivity contribution is 5.67. The van der Waals surface area contributed by atoms with Crippen molar-refractivity contribution in [2.45, 2.75) is 38.2 Å². The number of carbonyl (C=O) groups excluding carboxylic acids is 1. The minimum absolute atomic E-state index is 0.107. The minimum Gasteiger partial charge on any atom is -0.449 e. The number of ether oxygens (including phenoxy) is 1. The number of halogens is 2. The fourth-order valence-electron chi connectivity index (χ4n) is 1.51. The number of amides is 1. The number of nitrogens with zero attached hydrogens (tertiary/aromatic N) is 1. The van der Waals surface area contributed by atoms with E-state index in [0.29, 0.717) is 0 Å². The minimum atomic E-state index is -3.01. The monoisotopic (exact) mass is 236 g/mol. The first-order chi connectivity index (χ1) is 7.47. The quantitative estimate of drug-likeness (QED) is 0.757. The summed E-state index contributed by atoms with van der Waals surface area (Å²) in [5, 5.41) is 0. The van der Waals surface area contributed by atoms with Crippen molar-refractivity contribution >= 4 is 6.09 Å². The van der Waals surface area contributed by atoms with Crippen LogP contribution in [0.25, 0.3) is 0 Å². The van der Waals surface area contributed by atoms with Gasteiger partial charge in [-0.2, -0.15) is 0 Å². The Morgan fingerprint density at radius 1 is 1.62 bits per heavy atom. The van der Waals surface area contributed by atoms with Gasteiger partial charge in [-0.1, -0.05) is 13.3 Å². The van der Waals surface area contributed by atoms with Crippen LogP contribution in [0.4, 0.5) is 13.6 Å². The van der Waals surface area contributed by atoms with E-state index in [-0.39, 0.29) is 19.6 Å². The lowest BCUT2D eigenvalue weighted by Gasteiger charge is -2.35. The van der Waals surface area contributed by atoms with Crippen LogP contribution in [0.1, 0.15) is 26.2 Å². The Bertz CT molecular complexity index is 249. The number of likely N-dealkylation sites (tertiary alicyclic amines) is 1. The number of piperidine rings is 1. The Balaban J connectivity index is 2.40. The van der Waals surface area contributed by atoms with Crippen LogP contribution < -0.4 is 5.73 Å². The van der Waals surface area contributed by atoms with E-state index in [0.717, 1.165) is 17.7 Å². The Morgan fingerprint density at radius 3 is 2.88 bits per heavy atom. The molecule has 0 radical (unpaired) electrons. The smallest absolute Gasteiger partial charge is 0.409 e. The van der Waals surface area contributed by atoms with Crippen LogP contribution in [0.2, 0.25) is 0 Å². The third-order valence-corrected chi connectivity index (χ3v) is 2.64. The molecule has 0 aliphatic carbocycles. The average molecular weight is 236 g/mol. The summed E-state index contributed by atoms with van der Waals surface area (Å²) in [6.45, 7) is 1.84. The van der Waals surface area contributed by atoms with E-state index in [1.54, 1.807) is 0 Å². The van der Waals surface area contributed by atoms with Crippen molar-refractivity contribution in [3.05, 3.63) is 0 Å². The Hall–Kier alpha value is -0.910. The van der Waals surface area contributed by atoms with Gasteiger partial charge in [-0.15, -0.1) is 0 Å². The van der Waals surface area contributed by atoms with Gasteiger partial charge in [0, 0.05) is 6.54 Å². The van der Waals surface area contributed by atoms with E-state index in [2.05, 4.69) is 0 Å². The molecule has 1 amide bonds. The second-order valence-electron chi connectivity index (χ2n) is 4.05. The molecule has 1 aliphatic rings. The maximum Gasteiger partial charge on any atom is 0.409 e. The van der Waals surface area contributed by atoms with Gasteiger partial charge in [-0.05, 0) is 12.8 Å². The molecule has 0 saturated carbocycles. The van der Waals surface area contributed by atoms with Gasteiger partial charge in [0.1, 0.15) is 0 Å². The Kier molecular flexibility index (Phi) is 4.46. The van der Waals surface area contributed by atoms with Crippen molar-refractivity contribution in [2.75, 3.05) is 19.7 Å². The highest BCUT2D eigenvalue weighted by atomic mass is 19.3. The Labute approximate surface area is 93.7 Å². The van der Waals surface area contributed by atoms with Gasteiger partial charge >= 0.3 is 6.09 Å². The third kappa shape index (κ3) is 3.30. The molecule has 0 aromatic heterocycles. The van der Waals surface area contributed by atoms with Crippen LogP contribution in [0, 0.1) is 0 Å². The fourth-order valence-corrected chi connectivity index (χ4v) is 1.51. The third-order valence-electron chi connectivity index (χ3n) is 2.64. The number of carbonyl (C=O) groups is 1. The van der Waals surface area contributed by atoms with E-state index in [9.17, 15) is 13.6 Å². The molecule has 4 nitrogen and oxygen atoms in total. The lowest BCUT2D eigenvalue weighted by Crippen LogP contribution is -2.56. The molecule has 2 N–H and O–H groups in total. The van der Waals surface area contributed by atoms with E-state index < -0.39 is 24.6 Å². The molecule has 0 spiro atoms. The number of nitrogens with two attached hydrogens (primary N) is 1. The van der Waals surface area contributed by atoms with Crippen LogP contribution in [0.3, 0.4) is 0 Å². The molecule has 16 heavy (non-hydrogen) atoms. The molecule has 1 heterocycles. The summed E-state index contributed by atoms with van der Waals surface area (Å²) in [5.41, 5.74) is 5.27. The highest BCUT2D eigenvalue weighted by Crippen LogP contribution is 2.26. The maximum atomic E-state index is 13.2. The highest BCUT2D eigenvalue weighted by Gasteiger charge is 2.44. The molecular formula is C10H18F2N2O2. The van der Waals surface area contributed by atoms with Crippen LogP contribution in [-0.2, 0) is 4.74 Å². The maximum absolute atomic E-state index is 13.2. The zero-order valence-corrected chi connectivity index (χ0v) is 9.42.